The van der Waals surface area contributed by atoms with Gasteiger partial charge in [0.25, 0.3) is 0 Å². The maximum Gasteiger partial charge on any atom is 0.343 e. The van der Waals surface area contributed by atoms with Crippen LogP contribution in [0.15, 0.2) is 30.6 Å². The number of ether oxygens (including phenoxy) is 2. The van der Waals surface area contributed by atoms with E-state index in [1.165, 1.54) is 22.8 Å². The van der Waals surface area contributed by atoms with E-state index in [1.54, 1.807) is 19.2 Å². The van der Waals surface area contributed by atoms with Crippen LogP contribution in [0.1, 0.15) is 47.8 Å². The molecule has 0 radical (unpaired) electrons. The zero-order valence-electron chi connectivity index (χ0n) is 16.9. The topological polar surface area (TPSA) is 104 Å². The number of carbonyl (C=O) groups is 1. The van der Waals surface area contributed by atoms with Crippen molar-refractivity contribution in [1.29, 1.82) is 0 Å². The van der Waals surface area contributed by atoms with Crippen molar-refractivity contribution < 1.29 is 18.7 Å². The molecule has 1 aromatic carbocycles. The van der Waals surface area contributed by atoms with Crippen molar-refractivity contribution >= 4 is 17.4 Å². The zero-order chi connectivity index (χ0) is 21.3. The summed E-state index contributed by atoms with van der Waals surface area (Å²) in [4.78, 5) is 16.6. The van der Waals surface area contributed by atoms with E-state index in [2.05, 4.69) is 15.4 Å². The molecule has 0 bridgehead atoms. The first kappa shape index (κ1) is 20.1. The van der Waals surface area contributed by atoms with E-state index in [9.17, 15) is 9.18 Å². The van der Waals surface area contributed by atoms with E-state index < -0.39 is 5.97 Å². The number of esters is 1. The van der Waals surface area contributed by atoms with E-state index in [0.717, 1.165) is 5.56 Å². The summed E-state index contributed by atoms with van der Waals surface area (Å²) < 4.78 is 26.8. The molecule has 0 saturated carbocycles. The molecule has 1 aliphatic heterocycles. The Morgan fingerprint density at radius 1 is 1.50 bits per heavy atom. The van der Waals surface area contributed by atoms with Crippen LogP contribution in [0.4, 0.5) is 10.2 Å². The Morgan fingerprint density at radius 2 is 2.33 bits per heavy atom. The van der Waals surface area contributed by atoms with Crippen molar-refractivity contribution in [2.24, 2.45) is 5.73 Å². The number of halogens is 1. The molecule has 9 heteroatoms. The lowest BCUT2D eigenvalue weighted by Crippen LogP contribution is -2.18. The van der Waals surface area contributed by atoms with Gasteiger partial charge in [-0.1, -0.05) is 0 Å². The molecule has 1 aliphatic rings. The van der Waals surface area contributed by atoms with Gasteiger partial charge in [-0.25, -0.2) is 18.7 Å². The van der Waals surface area contributed by atoms with Gasteiger partial charge in [-0.3, -0.25) is 0 Å². The lowest BCUT2D eigenvalue weighted by Gasteiger charge is -2.19. The second-order valence-electron chi connectivity index (χ2n) is 7.23. The number of benzene rings is 1. The minimum atomic E-state index is -0.479. The number of aromatic nitrogens is 3. The molecule has 8 nitrogen and oxygen atoms in total. The van der Waals surface area contributed by atoms with Crippen LogP contribution in [0.2, 0.25) is 0 Å². The molecule has 1 unspecified atom stereocenters. The van der Waals surface area contributed by atoms with Crippen LogP contribution in [0.3, 0.4) is 0 Å². The molecule has 0 aliphatic carbocycles. The SMILES string of the molecule is CCOC(=O)c1cnn2ccc(N[C@H](C)c3cc(F)cc4c3OC(CCN)C4)nc12. The Labute approximate surface area is 173 Å². The van der Waals surface area contributed by atoms with Crippen LogP contribution < -0.4 is 15.8 Å². The van der Waals surface area contributed by atoms with Crippen molar-refractivity contribution in [2.45, 2.75) is 38.8 Å². The summed E-state index contributed by atoms with van der Waals surface area (Å²) in [5.41, 5.74) is 7.88. The van der Waals surface area contributed by atoms with Crippen LogP contribution in [-0.2, 0) is 11.2 Å². The molecule has 30 heavy (non-hydrogen) atoms. The first-order valence-electron chi connectivity index (χ1n) is 9.97. The summed E-state index contributed by atoms with van der Waals surface area (Å²) in [6.07, 6.45) is 4.45. The van der Waals surface area contributed by atoms with Gasteiger partial charge in [0.15, 0.2) is 5.65 Å². The maximum atomic E-state index is 14.2. The van der Waals surface area contributed by atoms with Crippen LogP contribution >= 0.6 is 0 Å². The molecular weight excluding hydrogens is 389 g/mol. The zero-order valence-corrected chi connectivity index (χ0v) is 16.9. The third kappa shape index (κ3) is 3.80. The number of fused-ring (bicyclic) bond motifs is 2. The van der Waals surface area contributed by atoms with Gasteiger partial charge in [0.05, 0.1) is 18.8 Å². The van der Waals surface area contributed by atoms with Crippen LogP contribution in [0.5, 0.6) is 5.75 Å². The third-order valence-electron chi connectivity index (χ3n) is 5.08. The Hall–Kier alpha value is -3.20. The highest BCUT2D eigenvalue weighted by molar-refractivity contribution is 5.95. The number of hydrogen-bond acceptors (Lipinski definition) is 7. The largest absolute Gasteiger partial charge is 0.489 e. The van der Waals surface area contributed by atoms with E-state index in [-0.39, 0.29) is 30.1 Å². The van der Waals surface area contributed by atoms with Gasteiger partial charge in [-0.15, -0.1) is 0 Å². The standard InChI is InChI=1S/C21H24FN5O3/c1-3-29-21(28)17-11-24-27-7-5-18(26-20(17)27)25-12(2)16-10-14(22)8-13-9-15(4-6-23)30-19(13)16/h5,7-8,10-12,15H,3-4,6,9,23H2,1-2H3,(H,25,26)/t12-,15?/m1/s1. The van der Waals surface area contributed by atoms with Gasteiger partial charge in [-0.2, -0.15) is 5.10 Å². The molecule has 2 aromatic heterocycles. The van der Waals surface area contributed by atoms with Gasteiger partial charge in [0.1, 0.15) is 29.1 Å². The predicted octanol–water partition coefficient (Wildman–Crippen LogP) is 2.87. The van der Waals surface area contributed by atoms with Crippen molar-refractivity contribution in [3.63, 3.8) is 0 Å². The number of anilines is 1. The highest BCUT2D eigenvalue weighted by atomic mass is 19.1. The van der Waals surface area contributed by atoms with Crippen LogP contribution in [0.25, 0.3) is 5.65 Å². The van der Waals surface area contributed by atoms with Gasteiger partial charge in [0, 0.05) is 23.7 Å². The number of nitrogens with two attached hydrogens (primary N) is 1. The maximum absolute atomic E-state index is 14.2. The Kier molecular flexibility index (Phi) is 5.54. The quantitative estimate of drug-likeness (QED) is 0.574. The fraction of sp³-hybridized carbons (Fsp3) is 0.381. The van der Waals surface area contributed by atoms with Gasteiger partial charge in [0.2, 0.25) is 0 Å². The minimum Gasteiger partial charge on any atom is -0.489 e. The summed E-state index contributed by atoms with van der Waals surface area (Å²) in [6.45, 7) is 4.43. The fourth-order valence-corrected chi connectivity index (χ4v) is 3.69. The molecule has 0 fully saturated rings. The highest BCUT2D eigenvalue weighted by Gasteiger charge is 2.28. The van der Waals surface area contributed by atoms with Crippen molar-refractivity contribution in [3.8, 4) is 5.75 Å². The summed E-state index contributed by atoms with van der Waals surface area (Å²) in [7, 11) is 0. The summed E-state index contributed by atoms with van der Waals surface area (Å²) in [6, 6.07) is 4.45. The molecule has 0 spiro atoms. The average Bonchev–Trinajstić information content (AvgIpc) is 3.31. The van der Waals surface area contributed by atoms with Gasteiger partial charge in [-0.05, 0) is 45.0 Å². The van der Waals surface area contributed by atoms with E-state index in [1.807, 2.05) is 6.92 Å². The molecular formula is C21H24FN5O3. The van der Waals surface area contributed by atoms with Crippen molar-refractivity contribution in [1.82, 2.24) is 14.6 Å². The highest BCUT2D eigenvalue weighted by Crippen LogP contribution is 2.38. The monoisotopic (exact) mass is 413 g/mol. The number of nitrogens with zero attached hydrogens (tertiary/aromatic N) is 3. The third-order valence-corrected chi connectivity index (χ3v) is 5.08. The Morgan fingerprint density at radius 3 is 3.10 bits per heavy atom. The first-order chi connectivity index (χ1) is 14.5. The molecule has 0 amide bonds. The molecule has 3 N–H and O–H groups in total. The smallest absolute Gasteiger partial charge is 0.343 e. The molecule has 0 saturated heterocycles. The van der Waals surface area contributed by atoms with Crippen molar-refractivity contribution in [2.75, 3.05) is 18.5 Å². The average molecular weight is 413 g/mol. The van der Waals surface area contributed by atoms with E-state index in [0.29, 0.717) is 42.2 Å². The van der Waals surface area contributed by atoms with Gasteiger partial charge < -0.3 is 20.5 Å². The van der Waals surface area contributed by atoms with Crippen LogP contribution in [-0.4, -0.2) is 39.8 Å². The molecule has 3 heterocycles. The first-order valence-corrected chi connectivity index (χ1v) is 9.97. The summed E-state index contributed by atoms with van der Waals surface area (Å²) in [5, 5.41) is 7.40. The lowest BCUT2D eigenvalue weighted by molar-refractivity contribution is 0.0528. The second kappa shape index (κ2) is 8.27. The molecule has 4 rings (SSSR count). The number of carbonyl (C=O) groups excluding carboxylic acids is 1. The predicted molar refractivity (Wildman–Crippen MR) is 109 cm³/mol. The molecule has 2 atom stereocenters. The summed E-state index contributed by atoms with van der Waals surface area (Å²) >= 11 is 0. The number of hydrogen-bond donors (Lipinski definition) is 2. The van der Waals surface area contributed by atoms with Crippen LogP contribution in [0, 0.1) is 5.82 Å². The Balaban J connectivity index is 1.61. The van der Waals surface area contributed by atoms with Crippen molar-refractivity contribution in [3.05, 3.63) is 53.1 Å². The van der Waals surface area contributed by atoms with E-state index in [4.69, 9.17) is 15.2 Å². The molecule has 158 valence electrons. The summed E-state index contributed by atoms with van der Waals surface area (Å²) in [5.74, 6) is 0.439. The van der Waals surface area contributed by atoms with Gasteiger partial charge >= 0.3 is 5.97 Å². The second-order valence-corrected chi connectivity index (χ2v) is 7.23. The lowest BCUT2D eigenvalue weighted by atomic mass is 10.0. The normalized spacial score (nSPS) is 16.2. The number of rotatable bonds is 7. The Bertz CT molecular complexity index is 1080. The minimum absolute atomic E-state index is 0.0360. The molecule has 3 aromatic rings. The fourth-order valence-electron chi connectivity index (χ4n) is 3.69. The number of nitrogens with one attached hydrogen (secondary N) is 1. The van der Waals surface area contributed by atoms with E-state index >= 15 is 0 Å².